The van der Waals surface area contributed by atoms with Gasteiger partial charge in [0.05, 0.1) is 12.2 Å². The molecule has 2 N–H and O–H groups in total. The quantitative estimate of drug-likeness (QED) is 0.685. The lowest BCUT2D eigenvalue weighted by Crippen LogP contribution is -2.44. The van der Waals surface area contributed by atoms with Gasteiger partial charge in [-0.15, -0.1) is 0 Å². The Morgan fingerprint density at radius 1 is 1.75 bits per heavy atom. The average molecular weight is 166 g/mol. The van der Waals surface area contributed by atoms with E-state index in [4.69, 9.17) is 0 Å². The second-order valence-electron chi connectivity index (χ2n) is 3.00. The third-order valence-electron chi connectivity index (χ3n) is 2.13. The van der Waals surface area contributed by atoms with Gasteiger partial charge >= 0.3 is 0 Å². The molecular weight excluding hydrogens is 152 g/mol. The standard InChI is InChI=1S/C8H14N4/c1-2-10-8-3-4-11-12(8)7-5-9-6-7/h3-4,7,9-10H,2,5-6H2,1H3. The zero-order chi connectivity index (χ0) is 8.39. The van der Waals surface area contributed by atoms with E-state index in [-0.39, 0.29) is 0 Å². The molecule has 2 heterocycles. The van der Waals surface area contributed by atoms with Crippen molar-refractivity contribution in [2.75, 3.05) is 25.0 Å². The zero-order valence-corrected chi connectivity index (χ0v) is 7.25. The van der Waals surface area contributed by atoms with E-state index in [9.17, 15) is 0 Å². The number of nitrogens with zero attached hydrogens (tertiary/aromatic N) is 2. The average Bonchev–Trinajstić information content (AvgIpc) is 2.35. The molecule has 1 saturated heterocycles. The van der Waals surface area contributed by atoms with E-state index >= 15 is 0 Å². The third kappa shape index (κ3) is 1.18. The fraction of sp³-hybridized carbons (Fsp3) is 0.625. The summed E-state index contributed by atoms with van der Waals surface area (Å²) in [6.45, 7) is 5.13. The van der Waals surface area contributed by atoms with Crippen molar-refractivity contribution in [3.63, 3.8) is 0 Å². The predicted molar refractivity (Wildman–Crippen MR) is 48.3 cm³/mol. The van der Waals surface area contributed by atoms with Crippen LogP contribution in [0.2, 0.25) is 0 Å². The van der Waals surface area contributed by atoms with Crippen LogP contribution in [0.3, 0.4) is 0 Å². The monoisotopic (exact) mass is 166 g/mol. The Morgan fingerprint density at radius 2 is 2.58 bits per heavy atom. The van der Waals surface area contributed by atoms with Crippen molar-refractivity contribution in [3.8, 4) is 0 Å². The molecule has 0 radical (unpaired) electrons. The molecule has 66 valence electrons. The summed E-state index contributed by atoms with van der Waals surface area (Å²) < 4.78 is 2.06. The van der Waals surface area contributed by atoms with Crippen LogP contribution in [0.4, 0.5) is 5.82 Å². The fourth-order valence-electron chi connectivity index (χ4n) is 1.37. The second-order valence-corrected chi connectivity index (χ2v) is 3.00. The first-order valence-electron chi connectivity index (χ1n) is 4.40. The molecule has 0 aliphatic carbocycles. The van der Waals surface area contributed by atoms with Gasteiger partial charge in [0.25, 0.3) is 0 Å². The Hall–Kier alpha value is -1.03. The van der Waals surface area contributed by atoms with Gasteiger partial charge in [-0.2, -0.15) is 5.10 Å². The van der Waals surface area contributed by atoms with Gasteiger partial charge in [-0.25, -0.2) is 4.68 Å². The maximum atomic E-state index is 4.27. The summed E-state index contributed by atoms with van der Waals surface area (Å²) in [6.07, 6.45) is 1.84. The molecule has 12 heavy (non-hydrogen) atoms. The second kappa shape index (κ2) is 3.15. The van der Waals surface area contributed by atoms with Crippen molar-refractivity contribution in [2.45, 2.75) is 13.0 Å². The molecule has 0 aromatic carbocycles. The van der Waals surface area contributed by atoms with Gasteiger partial charge in [-0.05, 0) is 6.92 Å². The van der Waals surface area contributed by atoms with Crippen LogP contribution >= 0.6 is 0 Å². The molecule has 0 amide bonds. The van der Waals surface area contributed by atoms with Gasteiger partial charge < -0.3 is 10.6 Å². The number of aromatic nitrogens is 2. The van der Waals surface area contributed by atoms with E-state index in [1.54, 1.807) is 0 Å². The summed E-state index contributed by atoms with van der Waals surface area (Å²) in [7, 11) is 0. The van der Waals surface area contributed by atoms with Crippen molar-refractivity contribution in [1.29, 1.82) is 0 Å². The van der Waals surface area contributed by atoms with Crippen molar-refractivity contribution in [2.24, 2.45) is 0 Å². The van der Waals surface area contributed by atoms with E-state index in [0.29, 0.717) is 6.04 Å². The largest absolute Gasteiger partial charge is 0.371 e. The van der Waals surface area contributed by atoms with E-state index < -0.39 is 0 Å². The predicted octanol–water partition coefficient (Wildman–Crippen LogP) is 0.459. The van der Waals surface area contributed by atoms with Crippen LogP contribution in [0.1, 0.15) is 13.0 Å². The summed E-state index contributed by atoms with van der Waals surface area (Å²) in [5.74, 6) is 1.13. The molecule has 2 rings (SSSR count). The maximum Gasteiger partial charge on any atom is 0.124 e. The van der Waals surface area contributed by atoms with Crippen LogP contribution < -0.4 is 10.6 Å². The van der Waals surface area contributed by atoms with Crippen LogP contribution in [0, 0.1) is 0 Å². The van der Waals surface area contributed by atoms with Gasteiger partial charge in [0.2, 0.25) is 0 Å². The molecule has 0 saturated carbocycles. The number of hydrogen-bond donors (Lipinski definition) is 2. The van der Waals surface area contributed by atoms with Gasteiger partial charge in [0.1, 0.15) is 5.82 Å². The number of nitrogens with one attached hydrogen (secondary N) is 2. The summed E-state index contributed by atoms with van der Waals surface area (Å²) in [4.78, 5) is 0. The molecule has 0 bridgehead atoms. The van der Waals surface area contributed by atoms with E-state index in [0.717, 1.165) is 25.5 Å². The summed E-state index contributed by atoms with van der Waals surface area (Å²) in [5.41, 5.74) is 0. The molecule has 1 aromatic heterocycles. The topological polar surface area (TPSA) is 41.9 Å². The van der Waals surface area contributed by atoms with Crippen molar-refractivity contribution in [3.05, 3.63) is 12.3 Å². The van der Waals surface area contributed by atoms with Gasteiger partial charge in [-0.3, -0.25) is 0 Å². The molecule has 0 spiro atoms. The Labute approximate surface area is 72.0 Å². The highest BCUT2D eigenvalue weighted by molar-refractivity contribution is 5.34. The molecule has 0 unspecified atom stereocenters. The first kappa shape index (κ1) is 7.61. The molecule has 4 heteroatoms. The smallest absolute Gasteiger partial charge is 0.124 e. The zero-order valence-electron chi connectivity index (χ0n) is 7.25. The number of hydrogen-bond acceptors (Lipinski definition) is 3. The minimum Gasteiger partial charge on any atom is -0.371 e. The fourth-order valence-corrected chi connectivity index (χ4v) is 1.37. The summed E-state index contributed by atoms with van der Waals surface area (Å²) >= 11 is 0. The van der Waals surface area contributed by atoms with Gasteiger partial charge in [-0.1, -0.05) is 0 Å². The molecule has 0 atom stereocenters. The summed E-state index contributed by atoms with van der Waals surface area (Å²) in [6, 6.07) is 2.57. The van der Waals surface area contributed by atoms with Crippen molar-refractivity contribution < 1.29 is 0 Å². The van der Waals surface area contributed by atoms with Crippen LogP contribution in [-0.4, -0.2) is 29.4 Å². The SMILES string of the molecule is CCNc1ccnn1C1CNC1. The number of anilines is 1. The number of rotatable bonds is 3. The van der Waals surface area contributed by atoms with Crippen LogP contribution in [-0.2, 0) is 0 Å². The van der Waals surface area contributed by atoms with Crippen LogP contribution in [0.15, 0.2) is 12.3 Å². The molecule has 1 aliphatic heterocycles. The minimum absolute atomic E-state index is 0.550. The molecular formula is C8H14N4. The highest BCUT2D eigenvalue weighted by Crippen LogP contribution is 2.16. The van der Waals surface area contributed by atoms with Crippen LogP contribution in [0.5, 0.6) is 0 Å². The molecule has 4 nitrogen and oxygen atoms in total. The Balaban J connectivity index is 2.12. The summed E-state index contributed by atoms with van der Waals surface area (Å²) in [5, 5.41) is 10.8. The minimum atomic E-state index is 0.550. The van der Waals surface area contributed by atoms with Crippen LogP contribution in [0.25, 0.3) is 0 Å². The van der Waals surface area contributed by atoms with Crippen molar-refractivity contribution >= 4 is 5.82 Å². The van der Waals surface area contributed by atoms with E-state index in [1.165, 1.54) is 0 Å². The Bertz CT molecular complexity index is 251. The normalized spacial score (nSPS) is 17.4. The first-order chi connectivity index (χ1) is 5.92. The van der Waals surface area contributed by atoms with Gasteiger partial charge in [0, 0.05) is 25.7 Å². The third-order valence-corrected chi connectivity index (χ3v) is 2.13. The molecule has 1 fully saturated rings. The lowest BCUT2D eigenvalue weighted by molar-refractivity contribution is 0.321. The molecule has 1 aliphatic rings. The maximum absolute atomic E-state index is 4.27. The lowest BCUT2D eigenvalue weighted by Gasteiger charge is -2.28. The molecule has 1 aromatic rings. The van der Waals surface area contributed by atoms with E-state index in [1.807, 2.05) is 12.3 Å². The highest BCUT2D eigenvalue weighted by atomic mass is 15.4. The van der Waals surface area contributed by atoms with Gasteiger partial charge in [0.15, 0.2) is 0 Å². The first-order valence-corrected chi connectivity index (χ1v) is 4.40. The highest BCUT2D eigenvalue weighted by Gasteiger charge is 2.20. The van der Waals surface area contributed by atoms with E-state index in [2.05, 4.69) is 27.3 Å². The van der Waals surface area contributed by atoms with Crippen molar-refractivity contribution in [1.82, 2.24) is 15.1 Å². The Kier molecular flexibility index (Phi) is 1.99. The Morgan fingerprint density at radius 3 is 3.17 bits per heavy atom. The lowest BCUT2D eigenvalue weighted by atomic mass is 10.2.